The summed E-state index contributed by atoms with van der Waals surface area (Å²) in [6, 6.07) is 11.3. The third-order valence-electron chi connectivity index (χ3n) is 10.0. The van der Waals surface area contributed by atoms with Crippen LogP contribution in [0.3, 0.4) is 0 Å². The monoisotopic (exact) mass is 744 g/mol. The zero-order valence-corrected chi connectivity index (χ0v) is 30.4. The predicted molar refractivity (Wildman–Crippen MR) is 186 cm³/mol. The summed E-state index contributed by atoms with van der Waals surface area (Å²) in [7, 11) is 0. The van der Waals surface area contributed by atoms with Crippen LogP contribution in [0, 0.1) is 21.7 Å². The number of hydrogen-bond acceptors (Lipinski definition) is 11. The van der Waals surface area contributed by atoms with E-state index >= 15 is 0 Å². The number of aliphatic carboxylic acids is 4. The Balaban J connectivity index is 2.00. The Morgan fingerprint density at radius 1 is 0.585 bits per heavy atom. The maximum absolute atomic E-state index is 13.2. The first kappa shape index (κ1) is 42.6. The number of aliphatic hydroxyl groups excluding tert-OH is 1. The van der Waals surface area contributed by atoms with Crippen LogP contribution in [0.2, 0.25) is 0 Å². The van der Waals surface area contributed by atoms with Crippen molar-refractivity contribution < 1.29 is 74.0 Å². The summed E-state index contributed by atoms with van der Waals surface area (Å²) in [5.74, 6) is -6.95. The lowest BCUT2D eigenvalue weighted by Crippen LogP contribution is -2.57. The van der Waals surface area contributed by atoms with Crippen molar-refractivity contribution in [1.29, 1.82) is 0 Å². The van der Waals surface area contributed by atoms with E-state index in [1.165, 1.54) is 76.2 Å². The molecule has 1 aliphatic carbocycles. The molecule has 290 valence electrons. The minimum atomic E-state index is -2.26. The second kappa shape index (κ2) is 15.6. The Morgan fingerprint density at radius 2 is 0.906 bits per heavy atom. The van der Waals surface area contributed by atoms with Crippen LogP contribution in [0.25, 0.3) is 0 Å². The molecule has 0 heterocycles. The van der Waals surface area contributed by atoms with E-state index in [1.54, 1.807) is 0 Å². The van der Waals surface area contributed by atoms with Crippen molar-refractivity contribution in [3.8, 4) is 11.5 Å². The van der Waals surface area contributed by atoms with E-state index in [0.717, 1.165) is 6.92 Å². The summed E-state index contributed by atoms with van der Waals surface area (Å²) in [6.45, 7) is 4.71. The third kappa shape index (κ3) is 9.58. The van der Waals surface area contributed by atoms with Gasteiger partial charge in [-0.15, -0.1) is 0 Å². The molecule has 1 aliphatic rings. The molecule has 0 amide bonds. The first-order valence-electron chi connectivity index (χ1n) is 16.9. The van der Waals surface area contributed by atoms with E-state index in [4.69, 9.17) is 9.47 Å². The number of ether oxygens (including phenoxy) is 2. The highest BCUT2D eigenvalue weighted by Crippen LogP contribution is 2.61. The van der Waals surface area contributed by atoms with Gasteiger partial charge >= 0.3 is 23.9 Å². The molecule has 0 spiro atoms. The molecule has 1 saturated carbocycles. The van der Waals surface area contributed by atoms with E-state index in [2.05, 4.69) is 0 Å². The topological polar surface area (TPSA) is 262 Å². The van der Waals surface area contributed by atoms with Crippen molar-refractivity contribution in [2.75, 3.05) is 19.8 Å². The first-order chi connectivity index (χ1) is 24.4. The maximum Gasteiger partial charge on any atom is 0.311 e. The second-order valence-electron chi connectivity index (χ2n) is 15.5. The molecule has 0 bridgehead atoms. The van der Waals surface area contributed by atoms with Gasteiger partial charge in [0.2, 0.25) is 0 Å². The Morgan fingerprint density at radius 3 is 1.17 bits per heavy atom. The first-order valence-corrected chi connectivity index (χ1v) is 16.9. The molecular weight excluding hydrogens is 696 g/mol. The fourth-order valence-electron chi connectivity index (χ4n) is 7.14. The number of carbonyl (C=O) groups is 6. The average molecular weight is 745 g/mol. The molecule has 1 fully saturated rings. The van der Waals surface area contributed by atoms with Crippen molar-refractivity contribution in [1.82, 2.24) is 0 Å². The summed E-state index contributed by atoms with van der Waals surface area (Å²) < 4.78 is 11.6. The number of ketones is 2. The zero-order chi connectivity index (χ0) is 40.2. The number of carboxylic acid groups (broad SMARTS) is 4. The quantitative estimate of drug-likeness (QED) is 0.101. The minimum Gasteiger partial charge on any atom is -0.494 e. The molecule has 0 aliphatic heterocycles. The molecule has 3 unspecified atom stereocenters. The van der Waals surface area contributed by atoms with Crippen LogP contribution >= 0.6 is 0 Å². The van der Waals surface area contributed by atoms with Crippen molar-refractivity contribution in [3.63, 3.8) is 0 Å². The van der Waals surface area contributed by atoms with Crippen LogP contribution in [0.15, 0.2) is 48.5 Å². The SMILES string of the molecule is CC(C)(O)C(=O)c1ccc(OCCC2(C(=O)O)CC(CCOc3ccc(C(=O)C(C)(C)O)cc3)(C(=O)O)CC(CC(C)(CO)C(=O)O)(C(=O)O)C2)cc1. The number of hydrogen-bond donors (Lipinski definition) is 7. The van der Waals surface area contributed by atoms with Gasteiger partial charge in [-0.1, -0.05) is 0 Å². The molecule has 3 atom stereocenters. The van der Waals surface area contributed by atoms with E-state index in [-0.39, 0.29) is 35.8 Å². The Bertz CT molecular complexity index is 1600. The van der Waals surface area contributed by atoms with Crippen LogP contribution in [0.1, 0.15) is 93.9 Å². The lowest BCUT2D eigenvalue weighted by Gasteiger charge is -2.52. The van der Waals surface area contributed by atoms with E-state index < -0.39 is 113 Å². The molecule has 0 radical (unpaired) electrons. The number of aliphatic hydroxyl groups is 3. The van der Waals surface area contributed by atoms with Gasteiger partial charge in [0.1, 0.15) is 22.7 Å². The van der Waals surface area contributed by atoms with Gasteiger partial charge in [0, 0.05) is 11.1 Å². The number of Topliss-reactive ketones (excluding diaryl/α,β-unsaturated/α-hetero) is 2. The van der Waals surface area contributed by atoms with Gasteiger partial charge in [-0.25, -0.2) is 0 Å². The molecule has 3 rings (SSSR count). The molecule has 7 N–H and O–H groups in total. The summed E-state index contributed by atoms with van der Waals surface area (Å²) >= 11 is 0. The van der Waals surface area contributed by atoms with E-state index in [1.807, 2.05) is 0 Å². The van der Waals surface area contributed by atoms with Crippen LogP contribution in [0.4, 0.5) is 0 Å². The van der Waals surface area contributed by atoms with Gasteiger partial charge in [0.15, 0.2) is 11.6 Å². The normalized spacial score (nSPS) is 22.9. The van der Waals surface area contributed by atoms with Gasteiger partial charge in [-0.3, -0.25) is 28.8 Å². The van der Waals surface area contributed by atoms with Gasteiger partial charge in [-0.05, 0) is 122 Å². The number of rotatable bonds is 19. The van der Waals surface area contributed by atoms with Crippen LogP contribution < -0.4 is 9.47 Å². The number of carbonyl (C=O) groups excluding carboxylic acids is 2. The average Bonchev–Trinajstić information content (AvgIpc) is 3.07. The molecule has 53 heavy (non-hydrogen) atoms. The van der Waals surface area contributed by atoms with Gasteiger partial charge in [-0.2, -0.15) is 0 Å². The van der Waals surface area contributed by atoms with Crippen LogP contribution in [-0.4, -0.2) is 102 Å². The number of benzene rings is 2. The molecule has 0 aromatic heterocycles. The second-order valence-corrected chi connectivity index (χ2v) is 15.5. The van der Waals surface area contributed by atoms with E-state index in [9.17, 15) is 64.5 Å². The summed E-state index contributed by atoms with van der Waals surface area (Å²) in [4.78, 5) is 76.8. The lowest BCUT2D eigenvalue weighted by atomic mass is 9.49. The number of carboxylic acids is 4. The predicted octanol–water partition coefficient (Wildman–Crippen LogP) is 3.70. The van der Waals surface area contributed by atoms with Crippen LogP contribution in [-0.2, 0) is 19.2 Å². The van der Waals surface area contributed by atoms with Gasteiger partial charge in [0.05, 0.1) is 41.5 Å². The summed E-state index contributed by atoms with van der Waals surface area (Å²) in [5.41, 5.74) is -11.4. The van der Waals surface area contributed by atoms with Crippen molar-refractivity contribution >= 4 is 35.4 Å². The summed E-state index contributed by atoms with van der Waals surface area (Å²) in [5, 5.41) is 72.3. The molecular formula is C38H48O15. The summed E-state index contributed by atoms with van der Waals surface area (Å²) in [6.07, 6.45) is -3.53. The lowest BCUT2D eigenvalue weighted by molar-refractivity contribution is -0.186. The fraction of sp³-hybridized carbons (Fsp3) is 0.526. The largest absolute Gasteiger partial charge is 0.494 e. The molecule has 2 aromatic rings. The van der Waals surface area contributed by atoms with Crippen molar-refractivity contribution in [2.24, 2.45) is 21.7 Å². The highest BCUT2D eigenvalue weighted by atomic mass is 16.5. The zero-order valence-electron chi connectivity index (χ0n) is 30.4. The molecule has 0 saturated heterocycles. The van der Waals surface area contributed by atoms with Crippen molar-refractivity contribution in [2.45, 2.75) is 84.3 Å². The van der Waals surface area contributed by atoms with Gasteiger partial charge < -0.3 is 45.2 Å². The molecule has 15 heteroatoms. The smallest absolute Gasteiger partial charge is 0.311 e. The highest BCUT2D eigenvalue weighted by molar-refractivity contribution is 6.02. The highest BCUT2D eigenvalue weighted by Gasteiger charge is 2.64. The Kier molecular flexibility index (Phi) is 12.5. The fourth-order valence-corrected chi connectivity index (χ4v) is 7.14. The Labute approximate surface area is 306 Å². The maximum atomic E-state index is 13.2. The Hall–Kier alpha value is -4.86. The van der Waals surface area contributed by atoms with Crippen molar-refractivity contribution in [3.05, 3.63) is 59.7 Å². The third-order valence-corrected chi connectivity index (χ3v) is 10.0. The molecule has 2 aromatic carbocycles. The molecule has 15 nitrogen and oxygen atoms in total. The van der Waals surface area contributed by atoms with E-state index in [0.29, 0.717) is 0 Å². The van der Waals surface area contributed by atoms with Gasteiger partial charge in [0.25, 0.3) is 0 Å². The standard InChI is InChI=1S/C38H48O15/c1-33(2,50)27(40)23-6-10-25(11-7-23)52-16-14-36(30(44)45)19-37(31(46)47,21-38(20-36,32(48)49)18-35(5,22-39)29(42)43)15-17-53-26-12-8-24(9-13-26)28(41)34(3,4)51/h6-13,39,50-51H,14-22H2,1-5H3,(H,42,43)(H,44,45)(H,46,47)(H,48,49). The minimum absolute atomic E-state index is 0.183. The van der Waals surface area contributed by atoms with Crippen LogP contribution in [0.5, 0.6) is 11.5 Å².